The monoisotopic (exact) mass is 597 g/mol. The third-order valence-electron chi connectivity index (χ3n) is 6.94. The summed E-state index contributed by atoms with van der Waals surface area (Å²) >= 11 is 2.49. The Morgan fingerprint density at radius 1 is 1.04 bits per heavy atom. The van der Waals surface area contributed by atoms with Gasteiger partial charge < -0.3 is 28.7 Å². The summed E-state index contributed by atoms with van der Waals surface area (Å²) in [6, 6.07) is 4.73. The number of nitrogens with zero attached hydrogens (tertiary/aromatic N) is 1. The van der Waals surface area contributed by atoms with Crippen LogP contribution >= 0.6 is 22.6 Å². The molecule has 0 amide bonds. The average Bonchev–Trinajstić information content (AvgIpc) is 2.47. The Bertz CT molecular complexity index is 690. The molecule has 0 unspecified atom stereocenters. The molecule has 1 aromatic rings. The van der Waals surface area contributed by atoms with Gasteiger partial charge in [0.05, 0.1) is 23.2 Å². The number of ether oxygens (including phenoxy) is 1. The Morgan fingerprint density at radius 2 is 1.59 bits per heavy atom. The summed E-state index contributed by atoms with van der Waals surface area (Å²) in [6.07, 6.45) is 4.88. The van der Waals surface area contributed by atoms with Crippen molar-refractivity contribution in [3.8, 4) is 5.75 Å². The van der Waals surface area contributed by atoms with Gasteiger partial charge in [0.25, 0.3) is 0 Å². The van der Waals surface area contributed by atoms with Gasteiger partial charge in [0, 0.05) is 12.8 Å². The Morgan fingerprint density at radius 3 is 2.07 bits per heavy atom. The van der Waals surface area contributed by atoms with E-state index < -0.39 is 0 Å². The Hall–Kier alpha value is 0.440. The maximum absolute atomic E-state index is 6.90. The third-order valence-corrected chi connectivity index (χ3v) is 7.74. The van der Waals surface area contributed by atoms with Crippen LogP contribution in [0.3, 0.4) is 0 Å². The Kier molecular flexibility index (Phi) is 6.68. The lowest BCUT2D eigenvalue weighted by molar-refractivity contribution is -0.980. The van der Waals surface area contributed by atoms with Crippen LogP contribution in [0.4, 0.5) is 0 Å². The molecule has 1 fully saturated rings. The predicted molar refractivity (Wildman–Crippen MR) is 118 cm³/mol. The number of hydrogen-bond acceptors (Lipinski definition) is 1. The number of fused-ring (bicyclic) bond motifs is 1. The van der Waals surface area contributed by atoms with E-state index in [2.05, 4.69) is 90.4 Å². The summed E-state index contributed by atoms with van der Waals surface area (Å²) in [6.45, 7) is 15.1. The van der Waals surface area contributed by atoms with Gasteiger partial charge >= 0.3 is 0 Å². The summed E-state index contributed by atoms with van der Waals surface area (Å²) in [5.41, 5.74) is 3.32. The standard InChI is InChI=1S/C23H37INO.HI/c1-21(2,3)17-9-11-23(12-10-17)25(7,8)15-16-13-18(22(4,5)6)14-19(24)20(16)26-23;/h13-14,17H,9-12,15H2,1-8H3;1H/q+1;/p-1. The maximum Gasteiger partial charge on any atom is 0.243 e. The van der Waals surface area contributed by atoms with Crippen LogP contribution in [0.25, 0.3) is 0 Å². The zero-order valence-corrected chi connectivity index (χ0v) is 22.7. The molecule has 1 aliphatic carbocycles. The minimum absolute atomic E-state index is 0. The van der Waals surface area contributed by atoms with Crippen molar-refractivity contribution in [2.24, 2.45) is 11.3 Å². The highest BCUT2D eigenvalue weighted by Crippen LogP contribution is 2.50. The first-order chi connectivity index (χ1) is 11.8. The van der Waals surface area contributed by atoms with E-state index in [0.29, 0.717) is 5.41 Å². The maximum atomic E-state index is 6.90. The van der Waals surface area contributed by atoms with E-state index >= 15 is 0 Å². The van der Waals surface area contributed by atoms with E-state index in [4.69, 9.17) is 4.74 Å². The van der Waals surface area contributed by atoms with Gasteiger partial charge in [-0.05, 0) is 69.9 Å². The van der Waals surface area contributed by atoms with Gasteiger partial charge in [0.2, 0.25) is 5.72 Å². The fraction of sp³-hybridized carbons (Fsp3) is 0.739. The smallest absolute Gasteiger partial charge is 0.243 e. The molecule has 0 radical (unpaired) electrons. The van der Waals surface area contributed by atoms with Gasteiger partial charge in [-0.25, -0.2) is 0 Å². The van der Waals surface area contributed by atoms with E-state index in [9.17, 15) is 0 Å². The molecule has 2 aliphatic rings. The first kappa shape index (κ1) is 23.7. The van der Waals surface area contributed by atoms with Gasteiger partial charge in [-0.2, -0.15) is 0 Å². The van der Waals surface area contributed by atoms with E-state index in [1.807, 2.05) is 0 Å². The van der Waals surface area contributed by atoms with E-state index in [1.165, 1.54) is 40.4 Å². The van der Waals surface area contributed by atoms with Crippen molar-refractivity contribution >= 4 is 22.6 Å². The van der Waals surface area contributed by atoms with Crippen molar-refractivity contribution in [3.63, 3.8) is 0 Å². The first-order valence-corrected chi connectivity index (χ1v) is 11.2. The van der Waals surface area contributed by atoms with Crippen LogP contribution in [0.1, 0.15) is 78.4 Å². The third kappa shape index (κ3) is 4.47. The topological polar surface area (TPSA) is 9.23 Å². The second-order valence-corrected chi connectivity index (χ2v) is 12.4. The van der Waals surface area contributed by atoms with Crippen LogP contribution in [0.2, 0.25) is 0 Å². The van der Waals surface area contributed by atoms with Gasteiger partial charge in [-0.1, -0.05) is 41.5 Å². The average molecular weight is 597 g/mol. The minimum atomic E-state index is -0.0576. The van der Waals surface area contributed by atoms with E-state index in [1.54, 1.807) is 0 Å². The van der Waals surface area contributed by atoms with Crippen LogP contribution in [0.15, 0.2) is 12.1 Å². The van der Waals surface area contributed by atoms with Crippen LogP contribution in [0.5, 0.6) is 5.75 Å². The second kappa shape index (κ2) is 7.60. The largest absolute Gasteiger partial charge is 1.00 e. The zero-order valence-electron chi connectivity index (χ0n) is 18.4. The molecule has 0 saturated heterocycles. The fourth-order valence-corrected chi connectivity index (χ4v) is 5.63. The SMILES string of the molecule is CC(C)(C)c1cc(I)c2c(c1)C[N+](C)(C)C1(CCC(C(C)(C)C)CC1)O2.[I-]. The molecule has 1 saturated carbocycles. The van der Waals surface area contributed by atoms with Crippen molar-refractivity contribution in [3.05, 3.63) is 26.8 Å². The number of rotatable bonds is 0. The molecule has 0 aromatic heterocycles. The number of hydrogen-bond donors (Lipinski definition) is 0. The molecule has 27 heavy (non-hydrogen) atoms. The van der Waals surface area contributed by atoms with Gasteiger partial charge in [-0.15, -0.1) is 0 Å². The lowest BCUT2D eigenvalue weighted by atomic mass is 9.69. The van der Waals surface area contributed by atoms with Crippen LogP contribution in [-0.4, -0.2) is 24.3 Å². The molecular weight excluding hydrogens is 560 g/mol. The molecule has 0 bridgehead atoms. The summed E-state index contributed by atoms with van der Waals surface area (Å²) in [7, 11) is 4.74. The molecular formula is C23H37I2NO. The summed E-state index contributed by atoms with van der Waals surface area (Å²) in [4.78, 5) is 0. The minimum Gasteiger partial charge on any atom is -1.00 e. The lowest BCUT2D eigenvalue weighted by Crippen LogP contribution is -3.00. The van der Waals surface area contributed by atoms with Crippen LogP contribution in [-0.2, 0) is 12.0 Å². The highest BCUT2D eigenvalue weighted by atomic mass is 127. The summed E-state index contributed by atoms with van der Waals surface area (Å²) < 4.78 is 9.12. The van der Waals surface area contributed by atoms with Crippen molar-refractivity contribution in [1.82, 2.24) is 0 Å². The van der Waals surface area contributed by atoms with E-state index in [-0.39, 0.29) is 35.1 Å². The molecule has 4 heteroatoms. The highest BCUT2D eigenvalue weighted by Gasteiger charge is 2.54. The molecule has 0 N–H and O–H groups in total. The second-order valence-electron chi connectivity index (χ2n) is 11.2. The molecule has 154 valence electrons. The quantitative estimate of drug-likeness (QED) is 0.329. The molecule has 1 heterocycles. The van der Waals surface area contributed by atoms with Crippen molar-refractivity contribution in [2.45, 2.75) is 84.9 Å². The lowest BCUT2D eigenvalue weighted by Gasteiger charge is -2.54. The van der Waals surface area contributed by atoms with E-state index in [0.717, 1.165) is 22.7 Å². The molecule has 2 nitrogen and oxygen atoms in total. The van der Waals surface area contributed by atoms with Crippen molar-refractivity contribution in [1.29, 1.82) is 0 Å². The predicted octanol–water partition coefficient (Wildman–Crippen LogP) is 3.49. The van der Waals surface area contributed by atoms with Crippen LogP contribution in [0, 0.1) is 14.9 Å². The fourth-order valence-electron chi connectivity index (χ4n) is 4.84. The molecule has 1 aromatic carbocycles. The molecule has 0 atom stereocenters. The zero-order chi connectivity index (χ0) is 19.5. The molecule has 1 spiro atoms. The highest BCUT2D eigenvalue weighted by molar-refractivity contribution is 14.1. The Labute approximate surface area is 197 Å². The number of benzene rings is 1. The first-order valence-electron chi connectivity index (χ1n) is 10.1. The van der Waals surface area contributed by atoms with Crippen molar-refractivity contribution in [2.75, 3.05) is 14.1 Å². The number of halogens is 2. The van der Waals surface area contributed by atoms with Gasteiger partial charge in [-0.3, -0.25) is 4.48 Å². The summed E-state index contributed by atoms with van der Waals surface area (Å²) in [5.74, 6) is 1.96. The molecule has 1 aliphatic heterocycles. The van der Waals surface area contributed by atoms with Gasteiger partial charge in [0.1, 0.15) is 12.3 Å². The van der Waals surface area contributed by atoms with Gasteiger partial charge in [0.15, 0.2) is 0 Å². The van der Waals surface area contributed by atoms with Crippen molar-refractivity contribution < 1.29 is 33.2 Å². The summed E-state index contributed by atoms with van der Waals surface area (Å²) in [5, 5.41) is 0. The van der Waals surface area contributed by atoms with Crippen LogP contribution < -0.4 is 28.7 Å². The number of quaternary nitrogens is 1. The normalized spacial score (nSPS) is 27.5. The Balaban J connectivity index is 0.00000261. The molecule has 3 rings (SSSR count).